The minimum absolute atomic E-state index is 0.0203. The van der Waals surface area contributed by atoms with Crippen molar-refractivity contribution < 1.29 is 13.5 Å². The molecule has 84 valence electrons. The number of halogens is 3. The molecule has 0 aliphatic heterocycles. The summed E-state index contributed by atoms with van der Waals surface area (Å²) < 4.78 is 24.0. The zero-order valence-electron chi connectivity index (χ0n) is 7.38. The topological polar surface area (TPSA) is 66.4 Å². The molecule has 1 aromatic rings. The van der Waals surface area contributed by atoms with Crippen molar-refractivity contribution in [1.82, 2.24) is 0 Å². The monoisotopic (exact) mass is 289 g/mol. The SMILES string of the molecule is CS(=O)(=O)Nc1cc(Cl)c(O)c(Cl)c1Cl. The first-order chi connectivity index (χ1) is 6.72. The maximum atomic E-state index is 10.9. The van der Waals surface area contributed by atoms with Crippen molar-refractivity contribution in [2.45, 2.75) is 0 Å². The molecule has 0 aliphatic rings. The lowest BCUT2D eigenvalue weighted by atomic mass is 10.3. The van der Waals surface area contributed by atoms with Gasteiger partial charge in [-0.05, 0) is 6.07 Å². The molecule has 0 amide bonds. The van der Waals surface area contributed by atoms with Crippen molar-refractivity contribution in [3.05, 3.63) is 21.1 Å². The molecule has 0 saturated heterocycles. The van der Waals surface area contributed by atoms with Crippen LogP contribution in [0.2, 0.25) is 15.1 Å². The van der Waals surface area contributed by atoms with Gasteiger partial charge in [0, 0.05) is 0 Å². The summed E-state index contributed by atoms with van der Waals surface area (Å²) in [4.78, 5) is 0. The van der Waals surface area contributed by atoms with E-state index in [1.807, 2.05) is 0 Å². The summed E-state index contributed by atoms with van der Waals surface area (Å²) in [5.41, 5.74) is 0.0203. The highest BCUT2D eigenvalue weighted by Gasteiger charge is 2.15. The first-order valence-electron chi connectivity index (χ1n) is 3.56. The van der Waals surface area contributed by atoms with Crippen molar-refractivity contribution >= 4 is 50.5 Å². The highest BCUT2D eigenvalue weighted by molar-refractivity contribution is 7.92. The zero-order chi connectivity index (χ0) is 11.8. The summed E-state index contributed by atoms with van der Waals surface area (Å²) >= 11 is 16.9. The first kappa shape index (κ1) is 12.7. The number of rotatable bonds is 2. The number of phenols is 1. The molecular weight excluding hydrogens is 285 g/mol. The van der Waals surface area contributed by atoms with E-state index in [1.54, 1.807) is 0 Å². The molecule has 0 unspecified atom stereocenters. The Labute approximate surface area is 102 Å². The van der Waals surface area contributed by atoms with E-state index in [4.69, 9.17) is 34.8 Å². The lowest BCUT2D eigenvalue weighted by Gasteiger charge is -2.09. The van der Waals surface area contributed by atoms with Gasteiger partial charge in [-0.3, -0.25) is 4.72 Å². The van der Waals surface area contributed by atoms with Crippen LogP contribution in [0.4, 0.5) is 5.69 Å². The lowest BCUT2D eigenvalue weighted by Crippen LogP contribution is -2.10. The Kier molecular flexibility index (Phi) is 3.60. The van der Waals surface area contributed by atoms with Gasteiger partial charge in [0.05, 0.1) is 22.0 Å². The van der Waals surface area contributed by atoms with Crippen LogP contribution >= 0.6 is 34.8 Å². The second-order valence-corrected chi connectivity index (χ2v) is 5.67. The molecule has 0 bridgehead atoms. The van der Waals surface area contributed by atoms with Crippen molar-refractivity contribution in [3.8, 4) is 5.75 Å². The molecule has 4 nitrogen and oxygen atoms in total. The van der Waals surface area contributed by atoms with E-state index in [0.717, 1.165) is 6.26 Å². The lowest BCUT2D eigenvalue weighted by molar-refractivity contribution is 0.476. The molecule has 2 N–H and O–H groups in total. The molecule has 15 heavy (non-hydrogen) atoms. The van der Waals surface area contributed by atoms with Gasteiger partial charge in [0.25, 0.3) is 0 Å². The quantitative estimate of drug-likeness (QED) is 0.650. The Bertz CT molecular complexity index is 501. The molecule has 1 rings (SSSR count). The molecule has 0 radical (unpaired) electrons. The van der Waals surface area contributed by atoms with Gasteiger partial charge >= 0.3 is 0 Å². The fourth-order valence-corrected chi connectivity index (χ4v) is 2.12. The molecule has 1 aromatic carbocycles. The van der Waals surface area contributed by atoms with Gasteiger partial charge in [-0.1, -0.05) is 34.8 Å². The van der Waals surface area contributed by atoms with Crippen LogP contribution in [-0.2, 0) is 10.0 Å². The number of hydrogen-bond donors (Lipinski definition) is 2. The minimum Gasteiger partial charge on any atom is -0.505 e. The molecule has 0 spiro atoms. The van der Waals surface area contributed by atoms with Crippen LogP contribution in [0.3, 0.4) is 0 Å². The van der Waals surface area contributed by atoms with Crippen LogP contribution in [0.1, 0.15) is 0 Å². The smallest absolute Gasteiger partial charge is 0.229 e. The van der Waals surface area contributed by atoms with Crippen LogP contribution in [0.25, 0.3) is 0 Å². The minimum atomic E-state index is -3.48. The summed E-state index contributed by atoms with van der Waals surface area (Å²) in [6, 6.07) is 1.17. The van der Waals surface area contributed by atoms with Crippen molar-refractivity contribution in [2.24, 2.45) is 0 Å². The van der Waals surface area contributed by atoms with Gasteiger partial charge in [0.15, 0.2) is 5.75 Å². The number of aromatic hydroxyl groups is 1. The number of hydrogen-bond acceptors (Lipinski definition) is 3. The largest absolute Gasteiger partial charge is 0.505 e. The summed E-state index contributed by atoms with van der Waals surface area (Å²) in [5, 5.41) is 8.89. The average molecular weight is 291 g/mol. The van der Waals surface area contributed by atoms with Crippen molar-refractivity contribution in [1.29, 1.82) is 0 Å². The van der Waals surface area contributed by atoms with Gasteiger partial charge in [-0.25, -0.2) is 8.42 Å². The fourth-order valence-electron chi connectivity index (χ4n) is 0.859. The Hall–Kier alpha value is -0.360. The third-order valence-electron chi connectivity index (χ3n) is 1.43. The van der Waals surface area contributed by atoms with Crippen molar-refractivity contribution in [2.75, 3.05) is 11.0 Å². The molecule has 0 aliphatic carbocycles. The second kappa shape index (κ2) is 4.25. The summed E-state index contributed by atoms with van der Waals surface area (Å²) in [5.74, 6) is -0.387. The predicted octanol–water partition coefficient (Wildman–Crippen LogP) is 2.72. The van der Waals surface area contributed by atoms with Gasteiger partial charge in [0.1, 0.15) is 5.02 Å². The number of sulfonamides is 1. The molecule has 0 heterocycles. The molecule has 0 saturated carbocycles. The Balaban J connectivity index is 3.33. The van der Waals surface area contributed by atoms with Crippen LogP contribution < -0.4 is 4.72 Å². The Morgan fingerprint density at radius 3 is 2.27 bits per heavy atom. The van der Waals surface area contributed by atoms with Crippen LogP contribution in [0.15, 0.2) is 6.07 Å². The van der Waals surface area contributed by atoms with E-state index < -0.39 is 10.0 Å². The van der Waals surface area contributed by atoms with Crippen molar-refractivity contribution in [3.63, 3.8) is 0 Å². The molecule has 8 heteroatoms. The van der Waals surface area contributed by atoms with E-state index in [9.17, 15) is 13.5 Å². The van der Waals surface area contributed by atoms with Gasteiger partial charge < -0.3 is 5.11 Å². The highest BCUT2D eigenvalue weighted by Crippen LogP contribution is 2.42. The van der Waals surface area contributed by atoms with Crippen LogP contribution in [0.5, 0.6) is 5.75 Å². The van der Waals surface area contributed by atoms with Gasteiger partial charge in [-0.15, -0.1) is 0 Å². The van der Waals surface area contributed by atoms with Gasteiger partial charge in [0.2, 0.25) is 10.0 Å². The van der Waals surface area contributed by atoms with Crippen LogP contribution in [-0.4, -0.2) is 19.8 Å². The van der Waals surface area contributed by atoms with E-state index in [1.165, 1.54) is 6.07 Å². The summed E-state index contributed by atoms with van der Waals surface area (Å²) in [7, 11) is -3.48. The van der Waals surface area contributed by atoms with E-state index >= 15 is 0 Å². The third-order valence-corrected chi connectivity index (χ3v) is 3.17. The number of benzene rings is 1. The number of nitrogens with one attached hydrogen (secondary N) is 1. The molecule has 0 atom stereocenters. The Morgan fingerprint density at radius 2 is 1.80 bits per heavy atom. The predicted molar refractivity (Wildman–Crippen MR) is 61.6 cm³/mol. The number of anilines is 1. The normalized spacial score (nSPS) is 11.5. The third kappa shape index (κ3) is 3.04. The molecular formula is C7H6Cl3NO3S. The Morgan fingerprint density at radius 1 is 1.27 bits per heavy atom. The fraction of sp³-hybridized carbons (Fsp3) is 0.143. The van der Waals surface area contributed by atoms with E-state index in [2.05, 4.69) is 4.72 Å². The second-order valence-electron chi connectivity index (χ2n) is 2.76. The van der Waals surface area contributed by atoms with E-state index in [-0.39, 0.29) is 26.5 Å². The van der Waals surface area contributed by atoms with Crippen LogP contribution in [0, 0.1) is 0 Å². The standard InChI is InChI=1S/C7H6Cl3NO3S/c1-15(13,14)11-4-2-3(8)7(12)6(10)5(4)9/h2,11-12H,1H3. The summed E-state index contributed by atoms with van der Waals surface area (Å²) in [6.07, 6.45) is 0.956. The summed E-state index contributed by atoms with van der Waals surface area (Å²) in [6.45, 7) is 0. The average Bonchev–Trinajstić information content (AvgIpc) is 2.08. The van der Waals surface area contributed by atoms with Gasteiger partial charge in [-0.2, -0.15) is 0 Å². The molecule has 0 fully saturated rings. The highest BCUT2D eigenvalue weighted by atomic mass is 35.5. The van der Waals surface area contributed by atoms with E-state index in [0.29, 0.717) is 0 Å². The maximum Gasteiger partial charge on any atom is 0.229 e. The molecule has 0 aromatic heterocycles. The first-order valence-corrected chi connectivity index (χ1v) is 6.59. The zero-order valence-corrected chi connectivity index (χ0v) is 10.5. The number of phenolic OH excluding ortho intramolecular Hbond substituents is 1. The maximum absolute atomic E-state index is 10.9.